The molecule has 6 nitrogen and oxygen atoms in total. The third kappa shape index (κ3) is 4.25. The minimum Gasteiger partial charge on any atom is -0.444 e. The van der Waals surface area contributed by atoms with Gasteiger partial charge >= 0.3 is 13.2 Å². The van der Waals surface area contributed by atoms with Crippen LogP contribution in [0.15, 0.2) is 30.5 Å². The second-order valence-corrected chi connectivity index (χ2v) is 8.89. The van der Waals surface area contributed by atoms with Crippen LogP contribution in [-0.4, -0.2) is 35.0 Å². The van der Waals surface area contributed by atoms with E-state index in [1.807, 2.05) is 72.7 Å². The fourth-order valence-electron chi connectivity index (χ4n) is 2.77. The van der Waals surface area contributed by atoms with Crippen LogP contribution < -0.4 is 10.8 Å². The van der Waals surface area contributed by atoms with Gasteiger partial charge in [0.2, 0.25) is 0 Å². The highest BCUT2D eigenvalue weighted by Crippen LogP contribution is 2.36. The van der Waals surface area contributed by atoms with Crippen molar-refractivity contribution < 1.29 is 18.8 Å². The number of nitrogens with zero attached hydrogens (tertiary/aromatic N) is 1. The number of hydrogen-bond donors (Lipinski definition) is 1. The molecule has 144 valence electrons. The Balaban J connectivity index is 1.84. The van der Waals surface area contributed by atoms with Gasteiger partial charge in [0.15, 0.2) is 0 Å². The van der Waals surface area contributed by atoms with Crippen LogP contribution in [0.5, 0.6) is 0 Å². The molecule has 3 rings (SSSR count). The zero-order chi connectivity index (χ0) is 20.0. The van der Waals surface area contributed by atoms with Crippen molar-refractivity contribution >= 4 is 35.3 Å². The molecule has 1 aliphatic rings. The summed E-state index contributed by atoms with van der Waals surface area (Å²) in [7, 11) is -0.443. The van der Waals surface area contributed by atoms with Gasteiger partial charge in [-0.15, -0.1) is 0 Å². The lowest BCUT2D eigenvalue weighted by molar-refractivity contribution is 0.00578. The van der Waals surface area contributed by atoms with E-state index in [1.54, 1.807) is 6.20 Å². The van der Waals surface area contributed by atoms with Crippen LogP contribution in [0.3, 0.4) is 0 Å². The molecular formula is C20H27BN2O4. The maximum Gasteiger partial charge on any atom is 0.494 e. The first-order valence-electron chi connectivity index (χ1n) is 9.12. The number of fused-ring (bicyclic) bond motifs is 1. The Hall–Kier alpha value is -2.12. The standard InChI is InChI=1S/C20H27BN2O4/c1-18(2,3)25-17(24)23-15-11-13-10-14(8-9-16(13)22-12-15)21-26-19(4,5)20(6,7)27-21/h8-12H,1-7H3,(H,23,24). The topological polar surface area (TPSA) is 69.7 Å². The maximum atomic E-state index is 12.0. The van der Waals surface area contributed by atoms with Crippen LogP contribution in [-0.2, 0) is 14.0 Å². The van der Waals surface area contributed by atoms with Crippen LogP contribution in [0.2, 0.25) is 0 Å². The summed E-state index contributed by atoms with van der Waals surface area (Å²) in [6.45, 7) is 13.6. The van der Waals surface area contributed by atoms with Gasteiger partial charge < -0.3 is 14.0 Å². The van der Waals surface area contributed by atoms with E-state index < -0.39 is 30.0 Å². The zero-order valence-corrected chi connectivity index (χ0v) is 17.0. The second-order valence-electron chi connectivity index (χ2n) is 8.89. The molecule has 0 spiro atoms. The Labute approximate surface area is 160 Å². The Morgan fingerprint density at radius 3 is 2.33 bits per heavy atom. The average molecular weight is 370 g/mol. The molecule has 2 heterocycles. The monoisotopic (exact) mass is 370 g/mol. The minimum absolute atomic E-state index is 0.398. The Kier molecular flexibility index (Phi) is 4.72. The van der Waals surface area contributed by atoms with Gasteiger partial charge in [-0.05, 0) is 66.1 Å². The van der Waals surface area contributed by atoms with E-state index in [-0.39, 0.29) is 0 Å². The predicted molar refractivity (Wildman–Crippen MR) is 107 cm³/mol. The number of carbonyl (C=O) groups excluding carboxylic acids is 1. The molecule has 0 unspecified atom stereocenters. The van der Waals surface area contributed by atoms with Crippen LogP contribution in [0.4, 0.5) is 10.5 Å². The lowest BCUT2D eigenvalue weighted by Gasteiger charge is -2.32. The zero-order valence-electron chi connectivity index (χ0n) is 17.0. The third-order valence-corrected chi connectivity index (χ3v) is 4.88. The van der Waals surface area contributed by atoms with Gasteiger partial charge in [-0.1, -0.05) is 12.1 Å². The quantitative estimate of drug-likeness (QED) is 0.813. The number of pyridine rings is 1. The van der Waals surface area contributed by atoms with Crippen molar-refractivity contribution in [3.05, 3.63) is 30.5 Å². The molecule has 1 aromatic carbocycles. The van der Waals surface area contributed by atoms with Crippen LogP contribution in [0, 0.1) is 0 Å². The van der Waals surface area contributed by atoms with Gasteiger partial charge in [0.25, 0.3) is 0 Å². The number of rotatable bonds is 2. The van der Waals surface area contributed by atoms with Crippen LogP contribution in [0.1, 0.15) is 48.5 Å². The smallest absolute Gasteiger partial charge is 0.444 e. The summed E-state index contributed by atoms with van der Waals surface area (Å²) < 4.78 is 17.5. The van der Waals surface area contributed by atoms with Gasteiger partial charge in [-0.25, -0.2) is 4.79 Å². The summed E-state index contributed by atoms with van der Waals surface area (Å²) in [6, 6.07) is 7.72. The highest BCUT2D eigenvalue weighted by molar-refractivity contribution is 6.62. The lowest BCUT2D eigenvalue weighted by Crippen LogP contribution is -2.41. The number of hydrogen-bond acceptors (Lipinski definition) is 5. The minimum atomic E-state index is -0.557. The number of nitrogens with one attached hydrogen (secondary N) is 1. The predicted octanol–water partition coefficient (Wildman–Crippen LogP) is 3.88. The molecule has 1 fully saturated rings. The van der Waals surface area contributed by atoms with Gasteiger partial charge in [0, 0.05) is 5.39 Å². The molecule has 1 amide bonds. The molecule has 0 bridgehead atoms. The Bertz CT molecular complexity index is 858. The molecule has 0 aliphatic carbocycles. The summed E-state index contributed by atoms with van der Waals surface area (Å²) in [4.78, 5) is 16.4. The van der Waals surface area contributed by atoms with E-state index in [9.17, 15) is 4.79 Å². The highest BCUT2D eigenvalue weighted by atomic mass is 16.7. The van der Waals surface area contributed by atoms with Crippen molar-refractivity contribution in [2.75, 3.05) is 5.32 Å². The number of benzene rings is 1. The van der Waals surface area contributed by atoms with Crippen molar-refractivity contribution in [3.8, 4) is 0 Å². The van der Waals surface area contributed by atoms with Gasteiger partial charge in [0.1, 0.15) is 5.60 Å². The molecule has 2 aromatic rings. The first kappa shape index (κ1) is 19.6. The maximum absolute atomic E-state index is 12.0. The van der Waals surface area contributed by atoms with E-state index in [1.165, 1.54) is 0 Å². The lowest BCUT2D eigenvalue weighted by atomic mass is 9.78. The average Bonchev–Trinajstić information content (AvgIpc) is 2.72. The molecule has 1 saturated heterocycles. The van der Waals surface area contributed by atoms with E-state index in [4.69, 9.17) is 14.0 Å². The number of ether oxygens (including phenoxy) is 1. The van der Waals surface area contributed by atoms with E-state index in [2.05, 4.69) is 10.3 Å². The first-order chi connectivity index (χ1) is 12.4. The van der Waals surface area contributed by atoms with Gasteiger partial charge in [0.05, 0.1) is 28.6 Å². The molecule has 1 aromatic heterocycles. The van der Waals surface area contributed by atoms with Crippen molar-refractivity contribution in [2.45, 2.75) is 65.3 Å². The number of aromatic nitrogens is 1. The van der Waals surface area contributed by atoms with Gasteiger partial charge in [-0.2, -0.15) is 0 Å². The first-order valence-corrected chi connectivity index (χ1v) is 9.12. The Morgan fingerprint density at radius 1 is 1.11 bits per heavy atom. The number of carbonyl (C=O) groups is 1. The summed E-state index contributed by atoms with van der Waals surface area (Å²) in [6.07, 6.45) is 1.10. The van der Waals surface area contributed by atoms with Crippen molar-refractivity contribution in [3.63, 3.8) is 0 Å². The number of amides is 1. The third-order valence-electron chi connectivity index (χ3n) is 4.88. The molecule has 7 heteroatoms. The Morgan fingerprint density at radius 2 is 1.74 bits per heavy atom. The summed E-state index contributed by atoms with van der Waals surface area (Å²) >= 11 is 0. The molecule has 0 radical (unpaired) electrons. The van der Waals surface area contributed by atoms with Crippen LogP contribution in [0.25, 0.3) is 10.9 Å². The number of anilines is 1. The largest absolute Gasteiger partial charge is 0.494 e. The molecule has 1 aliphatic heterocycles. The fourth-order valence-corrected chi connectivity index (χ4v) is 2.77. The molecule has 0 atom stereocenters. The van der Waals surface area contributed by atoms with Crippen molar-refractivity contribution in [1.82, 2.24) is 4.98 Å². The molecule has 0 saturated carbocycles. The molecular weight excluding hydrogens is 343 g/mol. The van der Waals surface area contributed by atoms with E-state index in [0.29, 0.717) is 5.69 Å². The summed E-state index contributed by atoms with van der Waals surface area (Å²) in [5, 5.41) is 3.60. The highest BCUT2D eigenvalue weighted by Gasteiger charge is 2.51. The fraction of sp³-hybridized carbons (Fsp3) is 0.500. The summed E-state index contributed by atoms with van der Waals surface area (Å²) in [5.74, 6) is 0. The van der Waals surface area contributed by atoms with Crippen molar-refractivity contribution in [1.29, 1.82) is 0 Å². The van der Waals surface area contributed by atoms with Crippen molar-refractivity contribution in [2.24, 2.45) is 0 Å². The van der Waals surface area contributed by atoms with E-state index >= 15 is 0 Å². The normalized spacial score (nSPS) is 18.6. The second kappa shape index (κ2) is 6.50. The van der Waals surface area contributed by atoms with Crippen LogP contribution >= 0.6 is 0 Å². The van der Waals surface area contributed by atoms with E-state index in [0.717, 1.165) is 16.4 Å². The molecule has 1 N–H and O–H groups in total. The SMILES string of the molecule is CC(C)(C)OC(=O)Nc1cnc2ccc(B3OC(C)(C)C(C)(C)O3)cc2c1. The van der Waals surface area contributed by atoms with Gasteiger partial charge in [-0.3, -0.25) is 10.3 Å². The molecule has 27 heavy (non-hydrogen) atoms. The summed E-state index contributed by atoms with van der Waals surface area (Å²) in [5.41, 5.74) is 0.957.